The average Bonchev–Trinajstić information content (AvgIpc) is 2.07. The molecule has 2 heteroatoms. The molecule has 0 spiro atoms. The normalized spacial score (nSPS) is 10.2. The minimum Gasteiger partial charge on any atom is -0.0928 e. The molecule has 0 aromatic heterocycles. The summed E-state index contributed by atoms with van der Waals surface area (Å²) in [6.45, 7) is 2.02. The summed E-state index contributed by atoms with van der Waals surface area (Å²) in [5.74, 6) is 0. The van der Waals surface area contributed by atoms with E-state index in [9.17, 15) is 0 Å². The minimum atomic E-state index is 0.877. The van der Waals surface area contributed by atoms with Crippen LogP contribution in [0.2, 0.25) is 5.02 Å². The molecule has 0 saturated heterocycles. The van der Waals surface area contributed by atoms with Gasteiger partial charge in [0, 0.05) is 10.4 Å². The van der Waals surface area contributed by atoms with E-state index < -0.39 is 0 Å². The van der Waals surface area contributed by atoms with Gasteiger partial charge in [-0.1, -0.05) is 39.7 Å². The summed E-state index contributed by atoms with van der Waals surface area (Å²) in [5.41, 5.74) is 2.48. The molecule has 0 saturated carbocycles. The van der Waals surface area contributed by atoms with Gasteiger partial charge < -0.3 is 0 Å². The highest BCUT2D eigenvalue weighted by Gasteiger charge is 1.96. The predicted octanol–water partition coefficient (Wildman–Crippen LogP) is 3.98. The number of rotatable bonds is 3. The van der Waals surface area contributed by atoms with Crippen LogP contribution in [-0.2, 0) is 6.42 Å². The van der Waals surface area contributed by atoms with Crippen molar-refractivity contribution in [3.8, 4) is 0 Å². The van der Waals surface area contributed by atoms with E-state index in [1.165, 1.54) is 12.0 Å². The van der Waals surface area contributed by atoms with Gasteiger partial charge in [0.1, 0.15) is 0 Å². The molecule has 0 aliphatic heterocycles. The monoisotopic (exact) mass is 246 g/mol. The van der Waals surface area contributed by atoms with E-state index in [-0.39, 0.29) is 0 Å². The average molecular weight is 248 g/mol. The van der Waals surface area contributed by atoms with Crippen molar-refractivity contribution < 1.29 is 0 Å². The first-order valence-electron chi connectivity index (χ1n) is 4.05. The lowest BCUT2D eigenvalue weighted by Gasteiger charge is -2.02. The van der Waals surface area contributed by atoms with E-state index in [0.717, 1.165) is 22.3 Å². The fraction of sp³-hybridized carbons (Fsp3) is 0.400. The molecule has 0 bridgehead atoms. The largest absolute Gasteiger partial charge is 0.0928 e. The van der Waals surface area contributed by atoms with E-state index in [4.69, 9.17) is 11.6 Å². The van der Waals surface area contributed by atoms with Gasteiger partial charge in [0.25, 0.3) is 0 Å². The van der Waals surface area contributed by atoms with Gasteiger partial charge in [-0.3, -0.25) is 0 Å². The second kappa shape index (κ2) is 4.88. The van der Waals surface area contributed by atoms with E-state index in [2.05, 4.69) is 34.1 Å². The summed E-state index contributed by atoms with van der Waals surface area (Å²) in [5, 5.41) is 1.93. The van der Waals surface area contributed by atoms with Crippen molar-refractivity contribution in [1.82, 2.24) is 0 Å². The van der Waals surface area contributed by atoms with Crippen LogP contribution in [0.3, 0.4) is 0 Å². The van der Waals surface area contributed by atoms with Crippen molar-refractivity contribution in [2.45, 2.75) is 19.8 Å². The Morgan fingerprint density at radius 1 is 1.42 bits per heavy atom. The molecule has 0 atom stereocenters. The van der Waals surface area contributed by atoms with Crippen molar-refractivity contribution >= 4 is 27.5 Å². The molecule has 0 aliphatic carbocycles. The third kappa shape index (κ3) is 2.80. The van der Waals surface area contributed by atoms with Crippen molar-refractivity contribution in [2.24, 2.45) is 0 Å². The number of benzene rings is 1. The van der Waals surface area contributed by atoms with Crippen LogP contribution < -0.4 is 0 Å². The number of aryl methyl sites for hydroxylation is 2. The van der Waals surface area contributed by atoms with Crippen molar-refractivity contribution in [2.75, 3.05) is 5.33 Å². The molecule has 0 N–H and O–H groups in total. The lowest BCUT2D eigenvalue weighted by molar-refractivity contribution is 0.939. The maximum Gasteiger partial charge on any atom is 0.0437 e. The first-order valence-corrected chi connectivity index (χ1v) is 5.55. The molecule has 66 valence electrons. The van der Waals surface area contributed by atoms with E-state index in [1.807, 2.05) is 6.92 Å². The Morgan fingerprint density at radius 3 is 2.75 bits per heavy atom. The van der Waals surface area contributed by atoms with Gasteiger partial charge in [-0.2, -0.15) is 0 Å². The maximum atomic E-state index is 5.98. The highest BCUT2D eigenvalue weighted by molar-refractivity contribution is 9.09. The summed E-state index contributed by atoms with van der Waals surface area (Å²) in [6.07, 6.45) is 2.27. The molecule has 0 amide bonds. The number of halogens is 2. The number of alkyl halides is 1. The maximum absolute atomic E-state index is 5.98. The van der Waals surface area contributed by atoms with Gasteiger partial charge in [-0.05, 0) is 37.0 Å². The Morgan fingerprint density at radius 2 is 2.17 bits per heavy atom. The summed E-state index contributed by atoms with van der Waals surface area (Å²) in [7, 11) is 0. The molecule has 0 fully saturated rings. The lowest BCUT2D eigenvalue weighted by atomic mass is 10.1. The van der Waals surface area contributed by atoms with Gasteiger partial charge in [-0.25, -0.2) is 0 Å². The van der Waals surface area contributed by atoms with Crippen LogP contribution in [0.4, 0.5) is 0 Å². The van der Waals surface area contributed by atoms with Gasteiger partial charge >= 0.3 is 0 Å². The summed E-state index contributed by atoms with van der Waals surface area (Å²) < 4.78 is 0. The Hall–Kier alpha value is -0.0100. The zero-order chi connectivity index (χ0) is 8.97. The highest BCUT2D eigenvalue weighted by atomic mass is 79.9. The van der Waals surface area contributed by atoms with E-state index in [1.54, 1.807) is 0 Å². The molecule has 0 heterocycles. The number of hydrogen-bond donors (Lipinski definition) is 0. The van der Waals surface area contributed by atoms with Crippen LogP contribution in [0.1, 0.15) is 17.5 Å². The molecule has 1 rings (SSSR count). The van der Waals surface area contributed by atoms with Crippen molar-refractivity contribution in [1.29, 1.82) is 0 Å². The molecule has 0 nitrogen and oxygen atoms in total. The molecule has 12 heavy (non-hydrogen) atoms. The molecule has 0 aliphatic rings. The fourth-order valence-electron chi connectivity index (χ4n) is 1.06. The SMILES string of the molecule is Cc1ccc(CCCBr)cc1Cl. The van der Waals surface area contributed by atoms with Crippen LogP contribution in [0.15, 0.2) is 18.2 Å². The Balaban J connectivity index is 2.69. The van der Waals surface area contributed by atoms with Gasteiger partial charge in [0.15, 0.2) is 0 Å². The van der Waals surface area contributed by atoms with Crippen LogP contribution in [-0.4, -0.2) is 5.33 Å². The Kier molecular flexibility index (Phi) is 4.10. The van der Waals surface area contributed by atoms with Gasteiger partial charge in [-0.15, -0.1) is 0 Å². The third-order valence-corrected chi connectivity index (χ3v) is 2.80. The summed E-state index contributed by atoms with van der Waals surface area (Å²) in [6, 6.07) is 6.27. The third-order valence-electron chi connectivity index (χ3n) is 1.84. The molecule has 0 radical (unpaired) electrons. The highest BCUT2D eigenvalue weighted by Crippen LogP contribution is 2.17. The number of hydrogen-bond acceptors (Lipinski definition) is 0. The van der Waals surface area contributed by atoms with Gasteiger partial charge in [0.2, 0.25) is 0 Å². The lowest BCUT2D eigenvalue weighted by Crippen LogP contribution is -1.86. The smallest absolute Gasteiger partial charge is 0.0437 e. The minimum absolute atomic E-state index is 0.877. The van der Waals surface area contributed by atoms with Crippen LogP contribution in [0.5, 0.6) is 0 Å². The second-order valence-electron chi connectivity index (χ2n) is 2.88. The standard InChI is InChI=1S/C10H12BrCl/c1-8-4-5-9(3-2-6-11)7-10(8)12/h4-5,7H,2-3,6H2,1H3. The Labute approximate surface area is 87.1 Å². The second-order valence-corrected chi connectivity index (χ2v) is 4.08. The first-order chi connectivity index (χ1) is 5.74. The zero-order valence-electron chi connectivity index (χ0n) is 7.11. The van der Waals surface area contributed by atoms with Crippen LogP contribution in [0.25, 0.3) is 0 Å². The van der Waals surface area contributed by atoms with E-state index in [0.29, 0.717) is 0 Å². The molecule has 1 aromatic carbocycles. The molecular weight excluding hydrogens is 235 g/mol. The van der Waals surface area contributed by atoms with Gasteiger partial charge in [0.05, 0.1) is 0 Å². The predicted molar refractivity (Wildman–Crippen MR) is 58.3 cm³/mol. The quantitative estimate of drug-likeness (QED) is 0.709. The summed E-state index contributed by atoms with van der Waals surface area (Å²) >= 11 is 9.39. The van der Waals surface area contributed by atoms with Crippen LogP contribution in [0, 0.1) is 6.92 Å². The zero-order valence-corrected chi connectivity index (χ0v) is 9.45. The van der Waals surface area contributed by atoms with Crippen LogP contribution >= 0.6 is 27.5 Å². The molecule has 1 aromatic rings. The Bertz CT molecular complexity index is 258. The molecular formula is C10H12BrCl. The first kappa shape index (κ1) is 10.1. The van der Waals surface area contributed by atoms with E-state index >= 15 is 0 Å². The molecule has 0 unspecified atom stereocenters. The fourth-order valence-corrected chi connectivity index (χ4v) is 1.55. The topological polar surface area (TPSA) is 0 Å². The van der Waals surface area contributed by atoms with Crippen molar-refractivity contribution in [3.05, 3.63) is 34.3 Å². The van der Waals surface area contributed by atoms with Crippen molar-refractivity contribution in [3.63, 3.8) is 0 Å². The summed E-state index contributed by atoms with van der Waals surface area (Å²) in [4.78, 5) is 0.